The Bertz CT molecular complexity index is 165. The van der Waals surface area contributed by atoms with Crippen LogP contribution in [-0.2, 0) is 14.3 Å². The molecule has 0 saturated carbocycles. The van der Waals surface area contributed by atoms with Crippen LogP contribution in [0.1, 0.15) is 6.92 Å². The summed E-state index contributed by atoms with van der Waals surface area (Å²) in [5.41, 5.74) is 0. The minimum atomic E-state index is -0.477. The minimum absolute atomic E-state index is 0.139. The number of amides is 1. The maximum atomic E-state index is 10.4. The van der Waals surface area contributed by atoms with E-state index >= 15 is 0 Å². The molecule has 62 valence electrons. The lowest BCUT2D eigenvalue weighted by atomic mass is 10.6. The largest absolute Gasteiger partial charge is 0.461 e. The number of carbonyl (C=O) groups is 2. The second-order valence-corrected chi connectivity index (χ2v) is 1.85. The molecule has 0 aliphatic carbocycles. The summed E-state index contributed by atoms with van der Waals surface area (Å²) in [7, 11) is 0. The average molecular weight is 157 g/mol. The molecule has 1 amide bonds. The quantitative estimate of drug-likeness (QED) is 0.351. The predicted molar refractivity (Wildman–Crippen MR) is 39.8 cm³/mol. The summed E-state index contributed by atoms with van der Waals surface area (Å²) in [5, 5.41) is 2.47. The van der Waals surface area contributed by atoms with Gasteiger partial charge in [0.2, 0.25) is 5.91 Å². The van der Waals surface area contributed by atoms with Gasteiger partial charge in [0.1, 0.15) is 6.61 Å². The van der Waals surface area contributed by atoms with Crippen molar-refractivity contribution in [1.29, 1.82) is 0 Å². The molecule has 4 heteroatoms. The van der Waals surface area contributed by atoms with Gasteiger partial charge in [0.25, 0.3) is 0 Å². The van der Waals surface area contributed by atoms with Crippen molar-refractivity contribution in [3.05, 3.63) is 12.7 Å². The zero-order valence-electron chi connectivity index (χ0n) is 6.42. The van der Waals surface area contributed by atoms with E-state index in [0.717, 1.165) is 6.08 Å². The first-order valence-corrected chi connectivity index (χ1v) is 3.20. The molecule has 0 fully saturated rings. The molecule has 11 heavy (non-hydrogen) atoms. The van der Waals surface area contributed by atoms with E-state index in [-0.39, 0.29) is 12.5 Å². The number of ether oxygens (including phenoxy) is 1. The number of hydrogen-bond acceptors (Lipinski definition) is 3. The molecule has 0 saturated heterocycles. The average Bonchev–Trinajstić information content (AvgIpc) is 1.97. The fourth-order valence-electron chi connectivity index (χ4n) is 0.438. The smallest absolute Gasteiger partial charge is 0.330 e. The molecule has 0 atom stereocenters. The number of carbonyl (C=O) groups excluding carboxylic acids is 2. The number of hydrogen-bond donors (Lipinski definition) is 1. The van der Waals surface area contributed by atoms with E-state index in [2.05, 4.69) is 16.6 Å². The lowest BCUT2D eigenvalue weighted by Gasteiger charge is -2.01. The van der Waals surface area contributed by atoms with Crippen LogP contribution in [-0.4, -0.2) is 25.0 Å². The van der Waals surface area contributed by atoms with Gasteiger partial charge < -0.3 is 10.1 Å². The Labute approximate surface area is 65.2 Å². The Balaban J connectivity index is 3.21. The van der Waals surface area contributed by atoms with Crippen LogP contribution in [0.15, 0.2) is 12.7 Å². The van der Waals surface area contributed by atoms with Crippen LogP contribution in [0.5, 0.6) is 0 Å². The third-order valence-corrected chi connectivity index (χ3v) is 0.887. The van der Waals surface area contributed by atoms with Crippen LogP contribution in [0.4, 0.5) is 0 Å². The molecule has 4 nitrogen and oxygen atoms in total. The van der Waals surface area contributed by atoms with Crippen LogP contribution in [0.2, 0.25) is 0 Å². The van der Waals surface area contributed by atoms with Gasteiger partial charge in [0.05, 0.1) is 6.54 Å². The molecule has 0 aliphatic rings. The molecular formula is C7H11NO3. The van der Waals surface area contributed by atoms with Gasteiger partial charge in [-0.1, -0.05) is 6.58 Å². The highest BCUT2D eigenvalue weighted by Gasteiger charge is 1.94. The van der Waals surface area contributed by atoms with E-state index in [1.807, 2.05) is 0 Å². The first kappa shape index (κ1) is 9.68. The molecule has 0 aromatic heterocycles. The lowest BCUT2D eigenvalue weighted by Crippen LogP contribution is -2.25. The molecule has 0 radical (unpaired) electrons. The van der Waals surface area contributed by atoms with E-state index in [1.165, 1.54) is 6.92 Å². The molecule has 0 spiro atoms. The summed E-state index contributed by atoms with van der Waals surface area (Å²) in [6.07, 6.45) is 1.08. The van der Waals surface area contributed by atoms with E-state index in [4.69, 9.17) is 0 Å². The maximum absolute atomic E-state index is 10.4. The predicted octanol–water partition coefficient (Wildman–Crippen LogP) is -0.148. The molecule has 0 rings (SSSR count). The Morgan fingerprint density at radius 3 is 2.73 bits per heavy atom. The van der Waals surface area contributed by atoms with E-state index < -0.39 is 5.97 Å². The second kappa shape index (κ2) is 5.46. The topological polar surface area (TPSA) is 55.4 Å². The highest BCUT2D eigenvalue weighted by molar-refractivity contribution is 5.81. The van der Waals surface area contributed by atoms with Gasteiger partial charge in [-0.25, -0.2) is 4.79 Å². The molecular weight excluding hydrogens is 146 g/mol. The van der Waals surface area contributed by atoms with Gasteiger partial charge in [-0.3, -0.25) is 4.79 Å². The summed E-state index contributed by atoms with van der Waals surface area (Å²) in [5.74, 6) is -0.616. The van der Waals surface area contributed by atoms with Gasteiger partial charge in [0.15, 0.2) is 0 Å². The Kier molecular flexibility index (Phi) is 4.81. The Morgan fingerprint density at radius 2 is 2.27 bits per heavy atom. The second-order valence-electron chi connectivity index (χ2n) is 1.85. The van der Waals surface area contributed by atoms with Crippen molar-refractivity contribution in [3.63, 3.8) is 0 Å². The van der Waals surface area contributed by atoms with Gasteiger partial charge in [-0.2, -0.15) is 0 Å². The van der Waals surface area contributed by atoms with Gasteiger partial charge >= 0.3 is 5.97 Å². The van der Waals surface area contributed by atoms with E-state index in [0.29, 0.717) is 6.54 Å². The van der Waals surface area contributed by atoms with Crippen molar-refractivity contribution < 1.29 is 14.3 Å². The van der Waals surface area contributed by atoms with Gasteiger partial charge in [-0.05, 0) is 0 Å². The molecule has 0 aromatic carbocycles. The van der Waals surface area contributed by atoms with Crippen LogP contribution < -0.4 is 5.32 Å². The number of esters is 1. The number of rotatable bonds is 4. The first-order valence-electron chi connectivity index (χ1n) is 3.20. The first-order chi connectivity index (χ1) is 5.16. The van der Waals surface area contributed by atoms with E-state index in [9.17, 15) is 9.59 Å². The summed E-state index contributed by atoms with van der Waals surface area (Å²) in [4.78, 5) is 20.7. The maximum Gasteiger partial charge on any atom is 0.330 e. The standard InChI is InChI=1S/C7H11NO3/c1-3-7(10)11-5-4-8-6(2)9/h3H,1,4-5H2,2H3,(H,8,9). The fourth-order valence-corrected chi connectivity index (χ4v) is 0.438. The molecule has 0 aromatic rings. The zero-order chi connectivity index (χ0) is 8.69. The van der Waals surface area contributed by atoms with Crippen molar-refractivity contribution in [3.8, 4) is 0 Å². The van der Waals surface area contributed by atoms with Crippen LogP contribution in [0.25, 0.3) is 0 Å². The van der Waals surface area contributed by atoms with Crippen molar-refractivity contribution in [2.75, 3.05) is 13.2 Å². The molecule has 0 aliphatic heterocycles. The van der Waals surface area contributed by atoms with Crippen LogP contribution in [0, 0.1) is 0 Å². The fraction of sp³-hybridized carbons (Fsp3) is 0.429. The third kappa shape index (κ3) is 6.57. The van der Waals surface area contributed by atoms with Crippen molar-refractivity contribution in [1.82, 2.24) is 5.32 Å². The summed E-state index contributed by atoms with van der Waals surface area (Å²) in [6.45, 7) is 5.14. The van der Waals surface area contributed by atoms with Gasteiger partial charge in [-0.15, -0.1) is 0 Å². The van der Waals surface area contributed by atoms with E-state index in [1.54, 1.807) is 0 Å². The zero-order valence-corrected chi connectivity index (χ0v) is 6.42. The molecule has 0 heterocycles. The minimum Gasteiger partial charge on any atom is -0.461 e. The molecule has 0 bridgehead atoms. The van der Waals surface area contributed by atoms with Crippen LogP contribution >= 0.6 is 0 Å². The molecule has 0 unspecified atom stereocenters. The lowest BCUT2D eigenvalue weighted by molar-refractivity contribution is -0.138. The molecule has 1 N–H and O–H groups in total. The summed E-state index contributed by atoms with van der Waals surface area (Å²) < 4.78 is 4.57. The van der Waals surface area contributed by atoms with Crippen molar-refractivity contribution in [2.45, 2.75) is 6.92 Å². The highest BCUT2D eigenvalue weighted by atomic mass is 16.5. The van der Waals surface area contributed by atoms with Gasteiger partial charge in [0, 0.05) is 13.0 Å². The summed E-state index contributed by atoms with van der Waals surface area (Å²) >= 11 is 0. The monoisotopic (exact) mass is 157 g/mol. The normalized spacial score (nSPS) is 8.45. The van der Waals surface area contributed by atoms with Crippen molar-refractivity contribution >= 4 is 11.9 Å². The number of nitrogens with one attached hydrogen (secondary N) is 1. The Hall–Kier alpha value is -1.32. The summed E-state index contributed by atoms with van der Waals surface area (Å²) in [6, 6.07) is 0. The Morgan fingerprint density at radius 1 is 1.64 bits per heavy atom. The highest BCUT2D eigenvalue weighted by Crippen LogP contribution is 1.76. The third-order valence-electron chi connectivity index (χ3n) is 0.887. The van der Waals surface area contributed by atoms with Crippen LogP contribution in [0.3, 0.4) is 0 Å². The van der Waals surface area contributed by atoms with Crippen molar-refractivity contribution in [2.24, 2.45) is 0 Å². The SMILES string of the molecule is C=CC(=O)OCCNC(C)=O.